The van der Waals surface area contributed by atoms with Crippen LogP contribution in [0.4, 0.5) is 4.39 Å². The molecule has 0 bridgehead atoms. The molecule has 0 aromatic carbocycles. The number of hydrogen-bond acceptors (Lipinski definition) is 4. The van der Waals surface area contributed by atoms with E-state index in [-0.39, 0.29) is 5.38 Å². The molecule has 3 rings (SSSR count). The molecule has 0 saturated heterocycles. The van der Waals surface area contributed by atoms with Gasteiger partial charge in [0.2, 0.25) is 5.95 Å². The number of aromatic nitrogens is 5. The standard InChI is InChI=1S/C16H15ClFN5/c1-11(17)9-12-5-6-20-22-14(12)10-23-8-7-19-16(23)13-3-2-4-15(18)21-13/h2-8,11H,9-10H2,1H3. The zero-order chi connectivity index (χ0) is 16.2. The van der Waals surface area contributed by atoms with E-state index in [1.54, 1.807) is 24.5 Å². The first kappa shape index (κ1) is 15.6. The molecule has 1 unspecified atom stereocenters. The highest BCUT2D eigenvalue weighted by Crippen LogP contribution is 2.18. The van der Waals surface area contributed by atoms with Crippen LogP contribution in [-0.2, 0) is 13.0 Å². The molecule has 0 amide bonds. The predicted octanol–water partition coefficient (Wildman–Crippen LogP) is 3.09. The van der Waals surface area contributed by atoms with E-state index in [0.29, 0.717) is 24.5 Å². The van der Waals surface area contributed by atoms with Gasteiger partial charge in [-0.05, 0) is 37.1 Å². The number of nitrogens with zero attached hydrogens (tertiary/aromatic N) is 5. The van der Waals surface area contributed by atoms with Gasteiger partial charge in [-0.1, -0.05) is 6.07 Å². The van der Waals surface area contributed by atoms with Crippen LogP contribution in [0.15, 0.2) is 42.9 Å². The lowest BCUT2D eigenvalue weighted by Crippen LogP contribution is -2.10. The van der Waals surface area contributed by atoms with Gasteiger partial charge in [0.1, 0.15) is 5.69 Å². The first-order valence-electron chi connectivity index (χ1n) is 7.21. The molecule has 0 radical (unpaired) electrons. The molecule has 0 N–H and O–H groups in total. The molecule has 23 heavy (non-hydrogen) atoms. The van der Waals surface area contributed by atoms with E-state index in [9.17, 15) is 4.39 Å². The average Bonchev–Trinajstić information content (AvgIpc) is 2.97. The summed E-state index contributed by atoms with van der Waals surface area (Å²) < 4.78 is 15.2. The largest absolute Gasteiger partial charge is 0.324 e. The summed E-state index contributed by atoms with van der Waals surface area (Å²) in [6, 6.07) is 6.55. The Morgan fingerprint density at radius 1 is 1.26 bits per heavy atom. The van der Waals surface area contributed by atoms with Crippen LogP contribution < -0.4 is 0 Å². The fraction of sp³-hybridized carbons (Fsp3) is 0.250. The van der Waals surface area contributed by atoms with E-state index in [0.717, 1.165) is 11.3 Å². The van der Waals surface area contributed by atoms with E-state index in [1.165, 1.54) is 6.07 Å². The Labute approximate surface area is 138 Å². The summed E-state index contributed by atoms with van der Waals surface area (Å²) in [6.07, 6.45) is 5.82. The maximum Gasteiger partial charge on any atom is 0.213 e. The molecule has 5 nitrogen and oxygen atoms in total. The normalized spacial score (nSPS) is 12.3. The summed E-state index contributed by atoms with van der Waals surface area (Å²) in [7, 11) is 0. The Balaban J connectivity index is 1.92. The van der Waals surface area contributed by atoms with Gasteiger partial charge in [0, 0.05) is 24.0 Å². The molecule has 7 heteroatoms. The Morgan fingerprint density at radius 2 is 2.13 bits per heavy atom. The van der Waals surface area contributed by atoms with Gasteiger partial charge in [0.15, 0.2) is 5.82 Å². The molecular weight excluding hydrogens is 317 g/mol. The van der Waals surface area contributed by atoms with Gasteiger partial charge in [-0.15, -0.1) is 11.6 Å². The van der Waals surface area contributed by atoms with Crippen LogP contribution in [0.3, 0.4) is 0 Å². The Morgan fingerprint density at radius 3 is 2.91 bits per heavy atom. The van der Waals surface area contributed by atoms with Gasteiger partial charge in [-0.2, -0.15) is 14.6 Å². The van der Waals surface area contributed by atoms with Crippen LogP contribution in [-0.4, -0.2) is 30.1 Å². The predicted molar refractivity (Wildman–Crippen MR) is 85.6 cm³/mol. The molecule has 0 saturated carbocycles. The van der Waals surface area contributed by atoms with Crippen LogP contribution >= 0.6 is 11.6 Å². The molecule has 0 aliphatic heterocycles. The van der Waals surface area contributed by atoms with Crippen molar-refractivity contribution in [2.45, 2.75) is 25.3 Å². The molecule has 0 aliphatic rings. The monoisotopic (exact) mass is 331 g/mol. The number of rotatable bonds is 5. The maximum absolute atomic E-state index is 13.3. The van der Waals surface area contributed by atoms with Crippen LogP contribution in [0.1, 0.15) is 18.2 Å². The first-order chi connectivity index (χ1) is 11.1. The average molecular weight is 332 g/mol. The fourth-order valence-corrected chi connectivity index (χ4v) is 2.54. The van der Waals surface area contributed by atoms with E-state index >= 15 is 0 Å². The zero-order valence-electron chi connectivity index (χ0n) is 12.5. The minimum atomic E-state index is -0.534. The lowest BCUT2D eigenvalue weighted by molar-refractivity contribution is 0.584. The summed E-state index contributed by atoms with van der Waals surface area (Å²) in [6.45, 7) is 2.41. The molecule has 0 spiro atoms. The van der Waals surface area contributed by atoms with Crippen molar-refractivity contribution in [3.8, 4) is 11.5 Å². The Bertz CT molecular complexity index is 802. The van der Waals surface area contributed by atoms with Crippen LogP contribution in [0, 0.1) is 5.95 Å². The van der Waals surface area contributed by atoms with Crippen molar-refractivity contribution >= 4 is 11.6 Å². The SMILES string of the molecule is CC(Cl)Cc1ccnnc1Cn1ccnc1-c1cccc(F)n1. The minimum absolute atomic E-state index is 0.00472. The lowest BCUT2D eigenvalue weighted by atomic mass is 10.1. The van der Waals surface area contributed by atoms with Crippen molar-refractivity contribution in [3.05, 3.63) is 60.1 Å². The first-order valence-corrected chi connectivity index (χ1v) is 7.64. The smallest absolute Gasteiger partial charge is 0.213 e. The second-order valence-corrected chi connectivity index (χ2v) is 5.96. The highest BCUT2D eigenvalue weighted by molar-refractivity contribution is 6.20. The van der Waals surface area contributed by atoms with Gasteiger partial charge in [0.05, 0.1) is 12.2 Å². The van der Waals surface area contributed by atoms with Gasteiger partial charge < -0.3 is 4.57 Å². The van der Waals surface area contributed by atoms with Crippen molar-refractivity contribution in [1.82, 2.24) is 24.7 Å². The Kier molecular flexibility index (Phi) is 4.62. The summed E-state index contributed by atoms with van der Waals surface area (Å²) >= 11 is 6.09. The molecule has 0 aliphatic carbocycles. The van der Waals surface area contributed by atoms with Crippen molar-refractivity contribution in [3.63, 3.8) is 0 Å². The third-order valence-corrected chi connectivity index (χ3v) is 3.53. The van der Waals surface area contributed by atoms with Crippen LogP contribution in [0.25, 0.3) is 11.5 Å². The van der Waals surface area contributed by atoms with Gasteiger partial charge in [0.25, 0.3) is 0 Å². The van der Waals surface area contributed by atoms with Crippen molar-refractivity contribution in [2.75, 3.05) is 0 Å². The molecule has 118 valence electrons. The number of hydrogen-bond donors (Lipinski definition) is 0. The molecule has 3 aromatic heterocycles. The highest BCUT2D eigenvalue weighted by Gasteiger charge is 2.12. The van der Waals surface area contributed by atoms with Crippen LogP contribution in [0.5, 0.6) is 0 Å². The summed E-state index contributed by atoms with van der Waals surface area (Å²) in [5.74, 6) is 0.0493. The van der Waals surface area contributed by atoms with Gasteiger partial charge in [-0.25, -0.2) is 9.97 Å². The summed E-state index contributed by atoms with van der Waals surface area (Å²) in [5.41, 5.74) is 2.33. The highest BCUT2D eigenvalue weighted by atomic mass is 35.5. The van der Waals surface area contributed by atoms with E-state index < -0.39 is 5.95 Å². The van der Waals surface area contributed by atoms with E-state index in [2.05, 4.69) is 20.2 Å². The molecule has 1 atom stereocenters. The zero-order valence-corrected chi connectivity index (χ0v) is 13.3. The Hall–Kier alpha value is -2.34. The van der Waals surface area contributed by atoms with E-state index in [1.807, 2.05) is 23.8 Å². The van der Waals surface area contributed by atoms with Gasteiger partial charge in [-0.3, -0.25) is 0 Å². The van der Waals surface area contributed by atoms with Crippen molar-refractivity contribution < 1.29 is 4.39 Å². The quantitative estimate of drug-likeness (QED) is 0.532. The number of alkyl halides is 1. The van der Waals surface area contributed by atoms with Crippen molar-refractivity contribution in [2.24, 2.45) is 0 Å². The van der Waals surface area contributed by atoms with Gasteiger partial charge >= 0.3 is 0 Å². The second kappa shape index (κ2) is 6.83. The third kappa shape index (κ3) is 3.71. The third-order valence-electron chi connectivity index (χ3n) is 3.37. The van der Waals surface area contributed by atoms with Crippen molar-refractivity contribution in [1.29, 1.82) is 0 Å². The number of pyridine rings is 1. The number of imidazole rings is 1. The second-order valence-electron chi connectivity index (χ2n) is 5.21. The molecule has 0 fully saturated rings. The van der Waals surface area contributed by atoms with Crippen LogP contribution in [0.2, 0.25) is 0 Å². The topological polar surface area (TPSA) is 56.5 Å². The van der Waals surface area contributed by atoms with E-state index in [4.69, 9.17) is 11.6 Å². The minimum Gasteiger partial charge on any atom is -0.324 e. The molecule has 3 heterocycles. The summed E-state index contributed by atoms with van der Waals surface area (Å²) in [5, 5.41) is 8.16. The summed E-state index contributed by atoms with van der Waals surface area (Å²) in [4.78, 5) is 8.16. The lowest BCUT2D eigenvalue weighted by Gasteiger charge is -2.11. The molecular formula is C16H15ClFN5. The fourth-order valence-electron chi connectivity index (χ4n) is 2.37. The maximum atomic E-state index is 13.3. The number of halogens is 2. The molecule has 3 aromatic rings.